The quantitative estimate of drug-likeness (QED) is 0.711. The zero-order valence-electron chi connectivity index (χ0n) is 9.98. The van der Waals surface area contributed by atoms with Crippen LogP contribution in [-0.2, 0) is 4.79 Å². The van der Waals surface area contributed by atoms with Crippen LogP contribution in [0.15, 0.2) is 0 Å². The van der Waals surface area contributed by atoms with Crippen LogP contribution in [0.2, 0.25) is 0 Å². The van der Waals surface area contributed by atoms with Gasteiger partial charge in [0.25, 0.3) is 0 Å². The van der Waals surface area contributed by atoms with Gasteiger partial charge in [0.1, 0.15) is 0 Å². The van der Waals surface area contributed by atoms with Gasteiger partial charge in [-0.2, -0.15) is 0 Å². The van der Waals surface area contributed by atoms with Gasteiger partial charge in [-0.15, -0.1) is 0 Å². The van der Waals surface area contributed by atoms with Gasteiger partial charge in [-0.1, -0.05) is 20.8 Å². The molecule has 0 unspecified atom stereocenters. The Balaban J connectivity index is 4.31. The summed E-state index contributed by atoms with van der Waals surface area (Å²) in [5.74, 6) is 0.0541. The van der Waals surface area contributed by atoms with Gasteiger partial charge in [-0.25, -0.2) is 0 Å². The second-order valence-electron chi connectivity index (χ2n) is 5.05. The second-order valence-corrected chi connectivity index (χ2v) is 5.05. The van der Waals surface area contributed by atoms with Crippen molar-refractivity contribution in [1.29, 1.82) is 0 Å². The van der Waals surface area contributed by atoms with E-state index in [1.54, 1.807) is 0 Å². The van der Waals surface area contributed by atoms with Gasteiger partial charge in [-0.05, 0) is 26.7 Å². The molecular weight excluding hydrogens is 178 g/mol. The van der Waals surface area contributed by atoms with Crippen molar-refractivity contribution in [3.05, 3.63) is 0 Å². The van der Waals surface area contributed by atoms with Crippen LogP contribution < -0.4 is 5.32 Å². The maximum Gasteiger partial charge on any atom is 0.226 e. The SMILES string of the molecule is CCC(C)(C)C(=O)NC(C)(C)CCO. The molecule has 0 aromatic heterocycles. The first-order valence-corrected chi connectivity index (χ1v) is 5.18. The minimum atomic E-state index is -0.327. The molecule has 0 aromatic carbocycles. The highest BCUT2D eigenvalue weighted by molar-refractivity contribution is 5.82. The monoisotopic (exact) mass is 201 g/mol. The van der Waals surface area contributed by atoms with Gasteiger partial charge >= 0.3 is 0 Å². The number of hydrogen-bond acceptors (Lipinski definition) is 2. The Morgan fingerprint density at radius 2 is 1.79 bits per heavy atom. The van der Waals surface area contributed by atoms with E-state index in [0.717, 1.165) is 6.42 Å². The van der Waals surface area contributed by atoms with E-state index >= 15 is 0 Å². The molecule has 0 radical (unpaired) electrons. The molecule has 0 atom stereocenters. The largest absolute Gasteiger partial charge is 0.396 e. The molecular formula is C11H23NO2. The average molecular weight is 201 g/mol. The molecule has 84 valence electrons. The van der Waals surface area contributed by atoms with Crippen LogP contribution in [0, 0.1) is 5.41 Å². The van der Waals surface area contributed by atoms with Crippen molar-refractivity contribution in [1.82, 2.24) is 5.32 Å². The first kappa shape index (κ1) is 13.4. The van der Waals surface area contributed by atoms with Crippen LogP contribution in [0.1, 0.15) is 47.5 Å². The highest BCUT2D eigenvalue weighted by Gasteiger charge is 2.29. The minimum Gasteiger partial charge on any atom is -0.396 e. The van der Waals surface area contributed by atoms with Crippen LogP contribution in [-0.4, -0.2) is 23.2 Å². The van der Waals surface area contributed by atoms with Crippen molar-refractivity contribution >= 4 is 5.91 Å². The normalized spacial score (nSPS) is 12.7. The lowest BCUT2D eigenvalue weighted by atomic mass is 9.87. The highest BCUT2D eigenvalue weighted by Crippen LogP contribution is 2.21. The molecule has 0 aliphatic carbocycles. The zero-order valence-corrected chi connectivity index (χ0v) is 9.98. The van der Waals surface area contributed by atoms with Crippen molar-refractivity contribution in [3.8, 4) is 0 Å². The molecule has 2 N–H and O–H groups in total. The lowest BCUT2D eigenvalue weighted by molar-refractivity contribution is -0.131. The number of carbonyl (C=O) groups excluding carboxylic acids is 1. The predicted octanol–water partition coefficient (Wildman–Crippen LogP) is 1.70. The zero-order chi connectivity index (χ0) is 11.4. The third-order valence-corrected chi connectivity index (χ3v) is 2.69. The van der Waals surface area contributed by atoms with Crippen molar-refractivity contribution < 1.29 is 9.90 Å². The third-order valence-electron chi connectivity index (χ3n) is 2.69. The second kappa shape index (κ2) is 4.78. The van der Waals surface area contributed by atoms with E-state index in [2.05, 4.69) is 5.32 Å². The maximum absolute atomic E-state index is 11.8. The number of rotatable bonds is 5. The fourth-order valence-electron chi connectivity index (χ4n) is 0.979. The molecule has 0 aliphatic heterocycles. The Hall–Kier alpha value is -0.570. The average Bonchev–Trinajstić information content (AvgIpc) is 2.03. The molecule has 0 saturated carbocycles. The lowest BCUT2D eigenvalue weighted by Crippen LogP contribution is -2.49. The van der Waals surface area contributed by atoms with E-state index in [1.165, 1.54) is 0 Å². The minimum absolute atomic E-state index is 0.0541. The summed E-state index contributed by atoms with van der Waals surface area (Å²) in [7, 11) is 0. The van der Waals surface area contributed by atoms with E-state index in [4.69, 9.17) is 5.11 Å². The number of carbonyl (C=O) groups is 1. The Kier molecular flexibility index (Phi) is 4.59. The number of hydrogen-bond donors (Lipinski definition) is 2. The molecule has 0 rings (SSSR count). The Morgan fingerprint density at radius 1 is 1.29 bits per heavy atom. The summed E-state index contributed by atoms with van der Waals surface area (Å²) in [4.78, 5) is 11.8. The fourth-order valence-corrected chi connectivity index (χ4v) is 0.979. The smallest absolute Gasteiger partial charge is 0.226 e. The van der Waals surface area contributed by atoms with Crippen molar-refractivity contribution in [2.24, 2.45) is 5.41 Å². The van der Waals surface area contributed by atoms with E-state index < -0.39 is 0 Å². The molecule has 14 heavy (non-hydrogen) atoms. The summed E-state index contributed by atoms with van der Waals surface area (Å²) in [6, 6.07) is 0. The molecule has 0 heterocycles. The van der Waals surface area contributed by atoms with Gasteiger partial charge in [0.15, 0.2) is 0 Å². The highest BCUT2D eigenvalue weighted by atomic mass is 16.3. The van der Waals surface area contributed by atoms with E-state index in [0.29, 0.717) is 6.42 Å². The van der Waals surface area contributed by atoms with Gasteiger partial charge in [0.2, 0.25) is 5.91 Å². The molecule has 3 nitrogen and oxygen atoms in total. The third kappa shape index (κ3) is 4.09. The van der Waals surface area contributed by atoms with E-state index in [9.17, 15) is 4.79 Å². The number of nitrogens with one attached hydrogen (secondary N) is 1. The van der Waals surface area contributed by atoms with Gasteiger partial charge in [0, 0.05) is 17.6 Å². The van der Waals surface area contributed by atoms with E-state index in [1.807, 2.05) is 34.6 Å². The van der Waals surface area contributed by atoms with Crippen LogP contribution in [0.4, 0.5) is 0 Å². The lowest BCUT2D eigenvalue weighted by Gasteiger charge is -2.31. The maximum atomic E-state index is 11.8. The Morgan fingerprint density at radius 3 is 2.14 bits per heavy atom. The molecule has 0 aliphatic rings. The first-order valence-electron chi connectivity index (χ1n) is 5.18. The Labute approximate surface area is 86.9 Å². The van der Waals surface area contributed by atoms with Gasteiger partial charge in [-0.3, -0.25) is 4.79 Å². The summed E-state index contributed by atoms with van der Waals surface area (Å²) >= 11 is 0. The fraction of sp³-hybridized carbons (Fsp3) is 0.909. The number of aliphatic hydroxyl groups excluding tert-OH is 1. The van der Waals surface area contributed by atoms with Crippen LogP contribution in [0.3, 0.4) is 0 Å². The number of aliphatic hydroxyl groups is 1. The number of amides is 1. The van der Waals surface area contributed by atoms with Crippen LogP contribution >= 0.6 is 0 Å². The summed E-state index contributed by atoms with van der Waals surface area (Å²) in [5, 5.41) is 11.8. The first-order chi connectivity index (χ1) is 6.25. The standard InChI is InChI=1S/C11H23NO2/c1-6-10(2,3)9(14)12-11(4,5)7-8-13/h13H,6-8H2,1-5H3,(H,12,14). The van der Waals surface area contributed by atoms with Crippen molar-refractivity contribution in [2.45, 2.75) is 53.0 Å². The van der Waals surface area contributed by atoms with Crippen LogP contribution in [0.5, 0.6) is 0 Å². The van der Waals surface area contributed by atoms with E-state index in [-0.39, 0.29) is 23.5 Å². The summed E-state index contributed by atoms with van der Waals surface area (Å²) in [6.07, 6.45) is 1.40. The molecule has 3 heteroatoms. The molecule has 0 spiro atoms. The van der Waals surface area contributed by atoms with Crippen LogP contribution in [0.25, 0.3) is 0 Å². The molecule has 0 fully saturated rings. The van der Waals surface area contributed by atoms with Gasteiger partial charge < -0.3 is 10.4 Å². The molecule has 0 saturated heterocycles. The summed E-state index contributed by atoms with van der Waals surface area (Å²) < 4.78 is 0. The Bertz CT molecular complexity index is 197. The molecule has 0 bridgehead atoms. The van der Waals surface area contributed by atoms with Crippen molar-refractivity contribution in [2.75, 3.05) is 6.61 Å². The summed E-state index contributed by atoms with van der Waals surface area (Å²) in [6.45, 7) is 9.80. The molecule has 0 aromatic rings. The van der Waals surface area contributed by atoms with Crippen molar-refractivity contribution in [3.63, 3.8) is 0 Å². The predicted molar refractivity (Wildman–Crippen MR) is 58.0 cm³/mol. The van der Waals surface area contributed by atoms with Gasteiger partial charge in [0.05, 0.1) is 0 Å². The summed E-state index contributed by atoms with van der Waals surface area (Å²) in [5.41, 5.74) is -0.648. The molecule has 1 amide bonds. The topological polar surface area (TPSA) is 49.3 Å².